The van der Waals surface area contributed by atoms with Gasteiger partial charge < -0.3 is 0 Å². The molecule has 7 heteroatoms. The van der Waals surface area contributed by atoms with Crippen molar-refractivity contribution in [3.63, 3.8) is 0 Å². The number of benzene rings is 2. The van der Waals surface area contributed by atoms with E-state index in [1.807, 2.05) is 24.3 Å². The standard InChI is InChI=1S/C20H17Cl2N3O2/c21-12-7-8-14(15(22)11-12)17-16-18(24-10-4-9-23(17)24)20(27)25(19(16)26)13-5-2-1-3-6-13/h1-3,5-8,11,16-18H,4,9-10H2/t16-,17-,18-/m0/s1. The monoisotopic (exact) mass is 401 g/mol. The highest BCUT2D eigenvalue weighted by Gasteiger charge is 2.63. The zero-order chi connectivity index (χ0) is 18.7. The van der Waals surface area contributed by atoms with E-state index in [-0.39, 0.29) is 17.9 Å². The summed E-state index contributed by atoms with van der Waals surface area (Å²) in [5.74, 6) is -0.797. The third kappa shape index (κ3) is 2.46. The molecule has 0 saturated carbocycles. The van der Waals surface area contributed by atoms with Gasteiger partial charge in [-0.2, -0.15) is 0 Å². The predicted molar refractivity (Wildman–Crippen MR) is 103 cm³/mol. The minimum atomic E-state index is -0.475. The summed E-state index contributed by atoms with van der Waals surface area (Å²) in [5, 5.41) is 5.28. The highest BCUT2D eigenvalue weighted by atomic mass is 35.5. The van der Waals surface area contributed by atoms with Gasteiger partial charge in [-0.25, -0.2) is 14.9 Å². The smallest absolute Gasteiger partial charge is 0.253 e. The van der Waals surface area contributed by atoms with E-state index in [0.717, 1.165) is 25.1 Å². The molecule has 3 aliphatic rings. The van der Waals surface area contributed by atoms with E-state index < -0.39 is 12.0 Å². The van der Waals surface area contributed by atoms with Crippen molar-refractivity contribution in [3.05, 3.63) is 64.1 Å². The van der Waals surface area contributed by atoms with Gasteiger partial charge in [0.15, 0.2) is 0 Å². The molecule has 0 aromatic heterocycles. The summed E-state index contributed by atoms with van der Waals surface area (Å²) < 4.78 is 0. The summed E-state index contributed by atoms with van der Waals surface area (Å²) in [6.45, 7) is 1.58. The Morgan fingerprint density at radius 2 is 1.56 bits per heavy atom. The van der Waals surface area contributed by atoms with Crippen LogP contribution in [0.3, 0.4) is 0 Å². The second-order valence-electron chi connectivity index (χ2n) is 7.11. The number of halogens is 2. The van der Waals surface area contributed by atoms with E-state index >= 15 is 0 Å². The van der Waals surface area contributed by atoms with E-state index in [1.165, 1.54) is 4.90 Å². The van der Waals surface area contributed by atoms with Crippen LogP contribution in [0.4, 0.5) is 5.69 Å². The van der Waals surface area contributed by atoms with Gasteiger partial charge in [-0.1, -0.05) is 47.5 Å². The van der Waals surface area contributed by atoms with Gasteiger partial charge in [-0.3, -0.25) is 9.59 Å². The van der Waals surface area contributed by atoms with Crippen molar-refractivity contribution in [1.29, 1.82) is 0 Å². The molecule has 0 aliphatic carbocycles. The summed E-state index contributed by atoms with van der Waals surface area (Å²) in [6, 6.07) is 13.7. The number of para-hydroxylation sites is 1. The lowest BCUT2D eigenvalue weighted by atomic mass is 9.90. The minimum absolute atomic E-state index is 0.157. The van der Waals surface area contributed by atoms with E-state index in [9.17, 15) is 9.59 Å². The van der Waals surface area contributed by atoms with E-state index in [4.69, 9.17) is 23.2 Å². The molecule has 5 nitrogen and oxygen atoms in total. The molecule has 0 radical (unpaired) electrons. The second-order valence-corrected chi connectivity index (χ2v) is 7.95. The molecule has 0 bridgehead atoms. The first-order chi connectivity index (χ1) is 13.1. The summed E-state index contributed by atoms with van der Waals surface area (Å²) in [6.07, 6.45) is 0.956. The van der Waals surface area contributed by atoms with Crippen LogP contribution in [0.5, 0.6) is 0 Å². The normalized spacial score (nSPS) is 28.1. The van der Waals surface area contributed by atoms with Gasteiger partial charge in [0.05, 0.1) is 17.6 Å². The lowest BCUT2D eigenvalue weighted by Crippen LogP contribution is -2.44. The fourth-order valence-corrected chi connectivity index (χ4v) is 5.18. The van der Waals surface area contributed by atoms with E-state index in [0.29, 0.717) is 15.7 Å². The Kier molecular flexibility index (Phi) is 4.02. The fraction of sp³-hybridized carbons (Fsp3) is 0.300. The Labute approximate surface area is 167 Å². The molecule has 3 aliphatic heterocycles. The van der Waals surface area contributed by atoms with Gasteiger partial charge in [0.2, 0.25) is 5.91 Å². The Morgan fingerprint density at radius 1 is 0.852 bits per heavy atom. The summed E-state index contributed by atoms with van der Waals surface area (Å²) in [5.41, 5.74) is 1.46. The van der Waals surface area contributed by atoms with Crippen molar-refractivity contribution in [2.24, 2.45) is 5.92 Å². The van der Waals surface area contributed by atoms with E-state index in [1.54, 1.807) is 24.3 Å². The first kappa shape index (κ1) is 17.2. The lowest BCUT2D eigenvalue weighted by Gasteiger charge is -2.30. The highest BCUT2D eigenvalue weighted by molar-refractivity contribution is 6.35. The quantitative estimate of drug-likeness (QED) is 0.721. The largest absolute Gasteiger partial charge is 0.274 e. The molecular formula is C20H17Cl2N3O2. The van der Waals surface area contributed by atoms with Gasteiger partial charge in [0.1, 0.15) is 6.04 Å². The summed E-state index contributed by atoms with van der Waals surface area (Å²) in [4.78, 5) is 27.9. The van der Waals surface area contributed by atoms with Crippen LogP contribution in [0, 0.1) is 5.92 Å². The minimum Gasteiger partial charge on any atom is -0.274 e. The van der Waals surface area contributed by atoms with Crippen molar-refractivity contribution in [2.45, 2.75) is 18.5 Å². The number of carbonyl (C=O) groups excluding carboxylic acids is 2. The van der Waals surface area contributed by atoms with Gasteiger partial charge in [-0.05, 0) is 36.2 Å². The molecule has 0 unspecified atom stereocenters. The molecule has 27 heavy (non-hydrogen) atoms. The molecule has 3 fully saturated rings. The van der Waals surface area contributed by atoms with Crippen LogP contribution in [0.25, 0.3) is 0 Å². The number of anilines is 1. The maximum atomic E-state index is 13.4. The zero-order valence-electron chi connectivity index (χ0n) is 14.4. The highest BCUT2D eigenvalue weighted by Crippen LogP contribution is 2.50. The number of rotatable bonds is 2. The molecule has 0 spiro atoms. The van der Waals surface area contributed by atoms with Gasteiger partial charge in [0.25, 0.3) is 5.91 Å². The number of hydrogen-bond donors (Lipinski definition) is 0. The van der Waals surface area contributed by atoms with Gasteiger partial charge in [0, 0.05) is 23.1 Å². The average molecular weight is 402 g/mol. The number of fused-ring (bicyclic) bond motifs is 3. The Balaban J connectivity index is 1.61. The average Bonchev–Trinajstić information content (AvgIpc) is 3.29. The van der Waals surface area contributed by atoms with Crippen molar-refractivity contribution in [1.82, 2.24) is 10.0 Å². The Hall–Kier alpha value is -1.92. The summed E-state index contributed by atoms with van der Waals surface area (Å²) in [7, 11) is 0. The molecular weight excluding hydrogens is 385 g/mol. The molecule has 2 amide bonds. The van der Waals surface area contributed by atoms with Crippen LogP contribution in [0.1, 0.15) is 18.0 Å². The topological polar surface area (TPSA) is 43.9 Å². The molecule has 3 heterocycles. The third-order valence-electron chi connectivity index (χ3n) is 5.70. The van der Waals surface area contributed by atoms with Crippen molar-refractivity contribution in [3.8, 4) is 0 Å². The second kappa shape index (κ2) is 6.31. The molecule has 138 valence electrons. The zero-order valence-corrected chi connectivity index (χ0v) is 15.9. The first-order valence-electron chi connectivity index (χ1n) is 8.99. The fourth-order valence-electron chi connectivity index (χ4n) is 4.66. The number of carbonyl (C=O) groups is 2. The van der Waals surface area contributed by atoms with Crippen LogP contribution < -0.4 is 4.90 Å². The molecule has 3 atom stereocenters. The van der Waals surface area contributed by atoms with E-state index in [2.05, 4.69) is 10.0 Å². The Morgan fingerprint density at radius 3 is 2.26 bits per heavy atom. The molecule has 2 aromatic rings. The van der Waals surface area contributed by atoms with Crippen LogP contribution in [-0.2, 0) is 9.59 Å². The van der Waals surface area contributed by atoms with Gasteiger partial charge >= 0.3 is 0 Å². The maximum absolute atomic E-state index is 13.4. The molecule has 3 saturated heterocycles. The number of hydrazine groups is 1. The number of hydrogen-bond acceptors (Lipinski definition) is 4. The lowest BCUT2D eigenvalue weighted by molar-refractivity contribution is -0.126. The molecule has 0 N–H and O–H groups in total. The van der Waals surface area contributed by atoms with Crippen LogP contribution >= 0.6 is 23.2 Å². The SMILES string of the molecule is O=C1[C@@H]2[C@@H](C(=O)N1c1ccccc1)N1CCCN1[C@H]2c1ccc(Cl)cc1Cl. The van der Waals surface area contributed by atoms with Crippen molar-refractivity contribution < 1.29 is 9.59 Å². The van der Waals surface area contributed by atoms with Crippen LogP contribution in [0.2, 0.25) is 10.0 Å². The predicted octanol–water partition coefficient (Wildman–Crippen LogP) is 3.53. The third-order valence-corrected chi connectivity index (χ3v) is 6.26. The number of imide groups is 1. The molecule has 5 rings (SSSR count). The van der Waals surface area contributed by atoms with Gasteiger partial charge in [-0.15, -0.1) is 0 Å². The first-order valence-corrected chi connectivity index (χ1v) is 9.74. The number of amides is 2. The Bertz CT molecular complexity index is 936. The molecule has 2 aromatic carbocycles. The van der Waals surface area contributed by atoms with Crippen molar-refractivity contribution in [2.75, 3.05) is 18.0 Å². The number of nitrogens with zero attached hydrogens (tertiary/aromatic N) is 3. The van der Waals surface area contributed by atoms with Crippen LogP contribution in [-0.4, -0.2) is 41.0 Å². The summed E-state index contributed by atoms with van der Waals surface area (Å²) >= 11 is 12.6. The maximum Gasteiger partial charge on any atom is 0.253 e. The van der Waals surface area contributed by atoms with Crippen LogP contribution in [0.15, 0.2) is 48.5 Å². The van der Waals surface area contributed by atoms with Crippen molar-refractivity contribution >= 4 is 40.7 Å².